The number of benzene rings is 2. The van der Waals surface area contributed by atoms with Crippen LogP contribution in [0.15, 0.2) is 74.7 Å². The average Bonchev–Trinajstić information content (AvgIpc) is 3.35. The van der Waals surface area contributed by atoms with Gasteiger partial charge in [-0.3, -0.25) is 14.5 Å². The molecule has 1 fully saturated rings. The standard InChI is InChI=1S/C24H22N8O4/c25-28-27-20-21(23(34)17-7-2-1-6-16(17)22(20)33)32(29-35)11-5-10-30-12-14-31(15-13-30)24-26-18-8-3-4-9-19(18)36-24/h1-4,6-9H,5,10-15H2. The molecule has 2 heterocycles. The molecule has 5 rings (SSSR count). The summed E-state index contributed by atoms with van der Waals surface area (Å²) in [4.78, 5) is 49.2. The van der Waals surface area contributed by atoms with Crippen LogP contribution in [0.2, 0.25) is 0 Å². The molecule has 2 aromatic carbocycles. The van der Waals surface area contributed by atoms with Crippen molar-refractivity contribution < 1.29 is 14.0 Å². The van der Waals surface area contributed by atoms with Crippen LogP contribution in [0.4, 0.5) is 6.01 Å². The van der Waals surface area contributed by atoms with E-state index in [0.717, 1.165) is 42.3 Å². The van der Waals surface area contributed by atoms with Gasteiger partial charge in [-0.1, -0.05) is 41.5 Å². The Balaban J connectivity index is 1.22. The van der Waals surface area contributed by atoms with Gasteiger partial charge in [-0.05, 0) is 24.1 Å². The SMILES string of the molecule is [N-]=[N+]=NC1=C(N(CCCN2CCN(c3nc4ccccc4o3)CC2)N=O)C(=O)c2ccccc2C1=O. The number of carbonyl (C=O) groups excluding carboxylic acids is 2. The maximum atomic E-state index is 13.1. The summed E-state index contributed by atoms with van der Waals surface area (Å²) in [6, 6.07) is 14.5. The van der Waals surface area contributed by atoms with Gasteiger partial charge in [0, 0.05) is 55.3 Å². The van der Waals surface area contributed by atoms with Crippen LogP contribution in [-0.2, 0) is 0 Å². The molecule has 0 bridgehead atoms. The smallest absolute Gasteiger partial charge is 0.298 e. The first-order valence-corrected chi connectivity index (χ1v) is 11.5. The highest BCUT2D eigenvalue weighted by Crippen LogP contribution is 2.30. The van der Waals surface area contributed by atoms with Crippen LogP contribution in [0.1, 0.15) is 27.1 Å². The normalized spacial score (nSPS) is 16.2. The Labute approximate surface area is 205 Å². The number of para-hydroxylation sites is 2. The predicted octanol–water partition coefficient (Wildman–Crippen LogP) is 3.92. The number of oxazole rings is 1. The Morgan fingerprint density at radius 2 is 1.69 bits per heavy atom. The number of piperazine rings is 1. The maximum Gasteiger partial charge on any atom is 0.298 e. The first kappa shape index (κ1) is 23.2. The molecule has 1 aromatic heterocycles. The second kappa shape index (κ2) is 9.98. The Kier molecular flexibility index (Phi) is 6.44. The zero-order valence-electron chi connectivity index (χ0n) is 19.3. The number of ketones is 2. The summed E-state index contributed by atoms with van der Waals surface area (Å²) in [6.07, 6.45) is 0.505. The van der Waals surface area contributed by atoms with Crippen molar-refractivity contribution >= 4 is 28.7 Å². The van der Waals surface area contributed by atoms with Crippen LogP contribution in [0.25, 0.3) is 21.5 Å². The van der Waals surface area contributed by atoms with Crippen molar-refractivity contribution in [1.82, 2.24) is 14.9 Å². The van der Waals surface area contributed by atoms with Crippen molar-refractivity contribution in [3.63, 3.8) is 0 Å². The second-order valence-corrected chi connectivity index (χ2v) is 8.44. The number of carbonyl (C=O) groups is 2. The fourth-order valence-electron chi connectivity index (χ4n) is 4.52. The minimum absolute atomic E-state index is 0.0931. The molecule has 0 atom stereocenters. The summed E-state index contributed by atoms with van der Waals surface area (Å²) in [5, 5.41) is 7.34. The van der Waals surface area contributed by atoms with Crippen molar-refractivity contribution in [2.75, 3.05) is 44.2 Å². The van der Waals surface area contributed by atoms with Crippen molar-refractivity contribution in [3.05, 3.63) is 86.4 Å². The number of aromatic nitrogens is 1. The minimum Gasteiger partial charge on any atom is -0.423 e. The number of hydrogen-bond donors (Lipinski definition) is 0. The molecule has 182 valence electrons. The highest BCUT2D eigenvalue weighted by molar-refractivity contribution is 6.26. The van der Waals surface area contributed by atoms with E-state index in [2.05, 4.69) is 30.1 Å². The monoisotopic (exact) mass is 486 g/mol. The van der Waals surface area contributed by atoms with E-state index in [9.17, 15) is 14.5 Å². The quantitative estimate of drug-likeness (QED) is 0.153. The van der Waals surface area contributed by atoms with Gasteiger partial charge in [0.25, 0.3) is 6.01 Å². The van der Waals surface area contributed by atoms with E-state index in [-0.39, 0.29) is 23.4 Å². The van der Waals surface area contributed by atoms with Crippen LogP contribution in [0.5, 0.6) is 0 Å². The van der Waals surface area contributed by atoms with Gasteiger partial charge in [-0.2, -0.15) is 4.98 Å². The summed E-state index contributed by atoms with van der Waals surface area (Å²) in [5.74, 6) is -1.18. The Hall–Kier alpha value is -4.54. The second-order valence-electron chi connectivity index (χ2n) is 8.44. The highest BCUT2D eigenvalue weighted by atomic mass is 16.4. The van der Waals surface area contributed by atoms with E-state index in [1.54, 1.807) is 12.1 Å². The van der Waals surface area contributed by atoms with Gasteiger partial charge >= 0.3 is 0 Å². The molecular weight excluding hydrogens is 464 g/mol. The average molecular weight is 486 g/mol. The first-order valence-electron chi connectivity index (χ1n) is 11.5. The van der Waals surface area contributed by atoms with Gasteiger partial charge in [-0.25, -0.2) is 5.01 Å². The number of fused-ring (bicyclic) bond motifs is 2. The lowest BCUT2D eigenvalue weighted by molar-refractivity contribution is 0.0937. The molecule has 0 radical (unpaired) electrons. The van der Waals surface area contributed by atoms with Crippen molar-refractivity contribution in [2.24, 2.45) is 10.4 Å². The number of allylic oxidation sites excluding steroid dienone is 2. The number of Topliss-reactive ketones (excluding diaryl/α,β-unsaturated/α-hetero) is 2. The third-order valence-corrected chi connectivity index (χ3v) is 6.34. The van der Waals surface area contributed by atoms with Crippen LogP contribution >= 0.6 is 0 Å². The lowest BCUT2D eigenvalue weighted by Crippen LogP contribution is -2.47. The maximum absolute atomic E-state index is 13.1. The number of nitroso groups, excluding NO2 is 1. The van der Waals surface area contributed by atoms with Crippen molar-refractivity contribution in [2.45, 2.75) is 6.42 Å². The topological polar surface area (TPSA) is 148 Å². The molecular formula is C24H22N8O4. The lowest BCUT2D eigenvalue weighted by atomic mass is 9.90. The van der Waals surface area contributed by atoms with E-state index >= 15 is 0 Å². The molecule has 0 spiro atoms. The largest absolute Gasteiger partial charge is 0.423 e. The van der Waals surface area contributed by atoms with Crippen LogP contribution in [0, 0.1) is 4.91 Å². The summed E-state index contributed by atoms with van der Waals surface area (Å²) in [6.45, 7) is 3.75. The van der Waals surface area contributed by atoms with Gasteiger partial charge in [0.2, 0.25) is 5.78 Å². The summed E-state index contributed by atoms with van der Waals surface area (Å²) in [7, 11) is 0. The first-order chi connectivity index (χ1) is 17.6. The number of hydrogen-bond acceptors (Lipinski definition) is 9. The molecule has 12 nitrogen and oxygen atoms in total. The minimum atomic E-state index is -0.609. The molecule has 12 heteroatoms. The lowest BCUT2D eigenvalue weighted by Gasteiger charge is -2.34. The molecule has 1 saturated heterocycles. The predicted molar refractivity (Wildman–Crippen MR) is 131 cm³/mol. The van der Waals surface area contributed by atoms with Gasteiger partial charge in [-0.15, -0.1) is 4.91 Å². The zero-order valence-corrected chi connectivity index (χ0v) is 19.3. The third-order valence-electron chi connectivity index (χ3n) is 6.34. The van der Waals surface area contributed by atoms with Crippen molar-refractivity contribution in [3.8, 4) is 0 Å². The summed E-state index contributed by atoms with van der Waals surface area (Å²) < 4.78 is 5.85. The zero-order chi connectivity index (χ0) is 25.1. The van der Waals surface area contributed by atoms with Crippen molar-refractivity contribution in [1.29, 1.82) is 0 Å². The van der Waals surface area contributed by atoms with Gasteiger partial charge < -0.3 is 9.32 Å². The number of rotatable bonds is 8. The Morgan fingerprint density at radius 3 is 2.39 bits per heavy atom. The van der Waals surface area contributed by atoms with E-state index < -0.39 is 17.3 Å². The summed E-state index contributed by atoms with van der Waals surface area (Å²) >= 11 is 0. The molecule has 1 aliphatic heterocycles. The molecule has 0 saturated carbocycles. The van der Waals surface area contributed by atoms with Crippen LogP contribution in [0.3, 0.4) is 0 Å². The van der Waals surface area contributed by atoms with E-state index in [4.69, 9.17) is 9.95 Å². The fourth-order valence-corrected chi connectivity index (χ4v) is 4.52. The molecule has 1 aliphatic carbocycles. The van der Waals surface area contributed by atoms with E-state index in [1.165, 1.54) is 12.1 Å². The molecule has 0 N–H and O–H groups in total. The summed E-state index contributed by atoms with van der Waals surface area (Å²) in [5.41, 5.74) is 10.1. The molecule has 0 amide bonds. The molecule has 2 aliphatic rings. The number of azide groups is 1. The Bertz CT molecular complexity index is 1380. The van der Waals surface area contributed by atoms with E-state index in [0.29, 0.717) is 19.0 Å². The van der Waals surface area contributed by atoms with Gasteiger partial charge in [0.15, 0.2) is 11.4 Å². The third kappa shape index (κ3) is 4.30. The molecule has 0 unspecified atom stereocenters. The molecule has 3 aromatic rings. The Morgan fingerprint density at radius 1 is 1.00 bits per heavy atom. The number of nitrogens with zero attached hydrogens (tertiary/aromatic N) is 8. The molecule has 36 heavy (non-hydrogen) atoms. The fraction of sp³-hybridized carbons (Fsp3) is 0.292. The van der Waals surface area contributed by atoms with Crippen LogP contribution in [-0.4, -0.2) is 65.7 Å². The van der Waals surface area contributed by atoms with E-state index in [1.807, 2.05) is 24.3 Å². The van der Waals surface area contributed by atoms with Gasteiger partial charge in [0.1, 0.15) is 16.9 Å². The number of anilines is 1. The van der Waals surface area contributed by atoms with Crippen LogP contribution < -0.4 is 4.90 Å². The highest BCUT2D eigenvalue weighted by Gasteiger charge is 2.35. The van der Waals surface area contributed by atoms with Gasteiger partial charge in [0.05, 0.1) is 5.29 Å².